The average Bonchev–Trinajstić information content (AvgIpc) is 2.94. The topological polar surface area (TPSA) is 75.4 Å². The Morgan fingerprint density at radius 2 is 1.74 bits per heavy atom. The number of carbonyl (C=O) groups excluding carboxylic acids is 2. The highest BCUT2D eigenvalue weighted by Gasteiger charge is 2.21. The highest BCUT2D eigenvalue weighted by Crippen LogP contribution is 2.32. The van der Waals surface area contributed by atoms with Crippen molar-refractivity contribution in [3.05, 3.63) is 125 Å². The van der Waals surface area contributed by atoms with Gasteiger partial charge in [-0.2, -0.15) is 0 Å². The van der Waals surface area contributed by atoms with Gasteiger partial charge in [0.1, 0.15) is 5.82 Å². The molecular formula is C32H30FN3O2. The van der Waals surface area contributed by atoms with Gasteiger partial charge < -0.3 is 16.0 Å². The van der Waals surface area contributed by atoms with Gasteiger partial charge in [-0.1, -0.05) is 54.6 Å². The summed E-state index contributed by atoms with van der Waals surface area (Å²) in [6.45, 7) is 3.13. The molecule has 0 aliphatic carbocycles. The van der Waals surface area contributed by atoms with Gasteiger partial charge in [-0.25, -0.2) is 4.39 Å². The normalized spacial score (nSPS) is 13.5. The van der Waals surface area contributed by atoms with E-state index in [0.29, 0.717) is 28.8 Å². The summed E-state index contributed by atoms with van der Waals surface area (Å²) >= 11 is 0. The van der Waals surface area contributed by atoms with Crippen LogP contribution >= 0.6 is 0 Å². The number of fused-ring (bicyclic) bond motifs is 1. The van der Waals surface area contributed by atoms with E-state index < -0.39 is 5.91 Å². The maximum absolute atomic E-state index is 14.9. The first-order chi connectivity index (χ1) is 18.4. The molecule has 0 bridgehead atoms. The van der Waals surface area contributed by atoms with Crippen LogP contribution in [0.25, 0.3) is 11.1 Å². The minimum atomic E-state index is -0.519. The second-order valence-corrected chi connectivity index (χ2v) is 9.69. The van der Waals surface area contributed by atoms with Crippen LogP contribution in [0, 0.1) is 5.82 Å². The Morgan fingerprint density at radius 3 is 2.53 bits per heavy atom. The lowest BCUT2D eigenvalue weighted by molar-refractivity contribution is 0.0938. The van der Waals surface area contributed by atoms with E-state index in [9.17, 15) is 14.0 Å². The number of anilines is 1. The number of carbonyl (C=O) groups is 2. The number of halogens is 1. The number of nitrogens with two attached hydrogens (primary N) is 1. The number of amides is 2. The van der Waals surface area contributed by atoms with Crippen LogP contribution in [0.4, 0.5) is 10.1 Å². The summed E-state index contributed by atoms with van der Waals surface area (Å²) in [6, 6.07) is 27.5. The van der Waals surface area contributed by atoms with Gasteiger partial charge in [0.2, 0.25) is 5.91 Å². The van der Waals surface area contributed by atoms with Crippen molar-refractivity contribution in [1.82, 2.24) is 5.32 Å². The number of hydrogen-bond donors (Lipinski definition) is 2. The molecule has 0 fully saturated rings. The Morgan fingerprint density at radius 1 is 0.974 bits per heavy atom. The maximum atomic E-state index is 14.9. The van der Waals surface area contributed by atoms with E-state index in [2.05, 4.69) is 10.2 Å². The smallest absolute Gasteiger partial charge is 0.251 e. The van der Waals surface area contributed by atoms with Crippen LogP contribution in [0.1, 0.15) is 56.8 Å². The summed E-state index contributed by atoms with van der Waals surface area (Å²) in [7, 11) is 0. The van der Waals surface area contributed by atoms with Crippen molar-refractivity contribution in [1.29, 1.82) is 0 Å². The summed E-state index contributed by atoms with van der Waals surface area (Å²) in [6.07, 6.45) is 1.76. The van der Waals surface area contributed by atoms with Gasteiger partial charge in [0, 0.05) is 35.5 Å². The highest BCUT2D eigenvalue weighted by molar-refractivity contribution is 5.99. The molecule has 0 spiro atoms. The van der Waals surface area contributed by atoms with Gasteiger partial charge in [-0.15, -0.1) is 0 Å². The minimum Gasteiger partial charge on any atom is -0.367 e. The van der Waals surface area contributed by atoms with E-state index in [-0.39, 0.29) is 17.8 Å². The molecule has 3 N–H and O–H groups in total. The lowest BCUT2D eigenvalue weighted by Gasteiger charge is -2.32. The van der Waals surface area contributed by atoms with Crippen LogP contribution in [-0.2, 0) is 13.0 Å². The molecular weight excluding hydrogens is 477 g/mol. The van der Waals surface area contributed by atoms with E-state index in [0.717, 1.165) is 41.8 Å². The van der Waals surface area contributed by atoms with Crippen LogP contribution in [0.15, 0.2) is 91.0 Å². The molecule has 1 aliphatic heterocycles. The Kier molecular flexibility index (Phi) is 7.22. The molecule has 4 aromatic rings. The van der Waals surface area contributed by atoms with Gasteiger partial charge in [0.05, 0.1) is 6.04 Å². The molecule has 5 nitrogen and oxygen atoms in total. The summed E-state index contributed by atoms with van der Waals surface area (Å²) in [5.74, 6) is -0.939. The standard InChI is InChI=1S/C32H30FN3O2/c1-21(22-8-3-2-4-9-22)35-32(38)25-14-16-30-24(19-25)10-7-17-36(30)20-26-18-23(13-15-29(26)33)27-11-5-6-12-28(27)31(34)37/h2-6,8-9,11-16,18-19,21H,7,10,17,20H2,1H3,(H2,34,37)(H,35,38)/t21-/m0/s1. The third-order valence-electron chi connectivity index (χ3n) is 7.11. The van der Waals surface area contributed by atoms with Gasteiger partial charge >= 0.3 is 0 Å². The van der Waals surface area contributed by atoms with Crippen LogP contribution in [0.5, 0.6) is 0 Å². The Labute approximate surface area is 222 Å². The molecule has 0 aromatic heterocycles. The first kappa shape index (κ1) is 25.2. The predicted octanol–water partition coefficient (Wildman–Crippen LogP) is 6.04. The maximum Gasteiger partial charge on any atom is 0.251 e. The van der Waals surface area contributed by atoms with Gasteiger partial charge in [-0.3, -0.25) is 9.59 Å². The van der Waals surface area contributed by atoms with Crippen LogP contribution < -0.4 is 16.0 Å². The van der Waals surface area contributed by atoms with Crippen molar-refractivity contribution in [3.63, 3.8) is 0 Å². The molecule has 1 aliphatic rings. The van der Waals surface area contributed by atoms with Crippen LogP contribution in [0.2, 0.25) is 0 Å². The van der Waals surface area contributed by atoms with E-state index in [1.165, 1.54) is 6.07 Å². The minimum absolute atomic E-state index is 0.105. The van der Waals surface area contributed by atoms with Crippen LogP contribution in [0.3, 0.4) is 0 Å². The molecule has 192 valence electrons. The Balaban J connectivity index is 1.37. The predicted molar refractivity (Wildman–Crippen MR) is 148 cm³/mol. The van der Waals surface area contributed by atoms with Crippen molar-refractivity contribution in [2.45, 2.75) is 32.4 Å². The largest absolute Gasteiger partial charge is 0.367 e. The lowest BCUT2D eigenvalue weighted by Crippen LogP contribution is -2.30. The molecule has 38 heavy (non-hydrogen) atoms. The number of nitrogens with zero attached hydrogens (tertiary/aromatic N) is 1. The summed E-state index contributed by atoms with van der Waals surface area (Å²) in [5, 5.41) is 3.08. The lowest BCUT2D eigenvalue weighted by atomic mass is 9.96. The zero-order chi connectivity index (χ0) is 26.6. The summed E-state index contributed by atoms with van der Waals surface area (Å²) in [5.41, 5.74) is 11.7. The number of nitrogens with one attached hydrogen (secondary N) is 1. The van der Waals surface area contributed by atoms with Crippen LogP contribution in [-0.4, -0.2) is 18.4 Å². The molecule has 1 atom stereocenters. The highest BCUT2D eigenvalue weighted by atomic mass is 19.1. The monoisotopic (exact) mass is 507 g/mol. The number of primary amides is 1. The number of hydrogen-bond acceptors (Lipinski definition) is 3. The van der Waals surface area contributed by atoms with Gasteiger partial charge in [0.15, 0.2) is 0 Å². The molecule has 5 rings (SSSR count). The summed E-state index contributed by atoms with van der Waals surface area (Å²) < 4.78 is 14.9. The molecule has 4 aromatic carbocycles. The van der Waals surface area contributed by atoms with Crippen molar-refractivity contribution in [3.8, 4) is 11.1 Å². The summed E-state index contributed by atoms with van der Waals surface area (Å²) in [4.78, 5) is 27.0. The molecule has 0 unspecified atom stereocenters. The third-order valence-corrected chi connectivity index (χ3v) is 7.11. The van der Waals surface area contributed by atoms with Crippen molar-refractivity contribution < 1.29 is 14.0 Å². The molecule has 1 heterocycles. The fourth-order valence-corrected chi connectivity index (χ4v) is 5.10. The number of rotatable bonds is 7. The van der Waals surface area contributed by atoms with Crippen molar-refractivity contribution >= 4 is 17.5 Å². The van der Waals surface area contributed by atoms with E-state index in [1.807, 2.05) is 67.6 Å². The second kappa shape index (κ2) is 10.9. The molecule has 0 saturated heterocycles. The molecule has 2 amide bonds. The molecule has 0 radical (unpaired) electrons. The van der Waals surface area contributed by atoms with Gasteiger partial charge in [0.25, 0.3) is 5.91 Å². The first-order valence-corrected chi connectivity index (χ1v) is 12.8. The van der Waals surface area contributed by atoms with E-state index in [4.69, 9.17) is 5.73 Å². The SMILES string of the molecule is C[C@H](NC(=O)c1ccc2c(c1)CCCN2Cc1cc(-c2ccccc2C(N)=O)ccc1F)c1ccccc1. The van der Waals surface area contributed by atoms with E-state index in [1.54, 1.807) is 24.3 Å². The fraction of sp³-hybridized carbons (Fsp3) is 0.188. The zero-order valence-electron chi connectivity index (χ0n) is 21.3. The third kappa shape index (κ3) is 5.30. The number of benzene rings is 4. The molecule has 6 heteroatoms. The zero-order valence-corrected chi connectivity index (χ0v) is 21.3. The Hall–Kier alpha value is -4.45. The Bertz CT molecular complexity index is 1490. The fourth-order valence-electron chi connectivity index (χ4n) is 5.10. The van der Waals surface area contributed by atoms with Crippen molar-refractivity contribution in [2.24, 2.45) is 5.73 Å². The first-order valence-electron chi connectivity index (χ1n) is 12.8. The van der Waals surface area contributed by atoms with Gasteiger partial charge in [-0.05, 0) is 78.4 Å². The quantitative estimate of drug-likeness (QED) is 0.320. The average molecular weight is 508 g/mol. The second-order valence-electron chi connectivity index (χ2n) is 9.69. The molecule has 0 saturated carbocycles. The van der Waals surface area contributed by atoms with E-state index >= 15 is 0 Å². The van der Waals surface area contributed by atoms with Crippen molar-refractivity contribution in [2.75, 3.05) is 11.4 Å². The number of aryl methyl sites for hydroxylation is 1.